The third kappa shape index (κ3) is 5.39. The molecule has 0 N–H and O–H groups in total. The van der Waals surface area contributed by atoms with Crippen LogP contribution in [0.15, 0.2) is 36.9 Å². The Hall–Kier alpha value is -1.06. The number of hydrogen-bond donors (Lipinski definition) is 0. The van der Waals surface area contributed by atoms with E-state index in [2.05, 4.69) is 20.4 Å². The van der Waals surface area contributed by atoms with Crippen LogP contribution in [0.4, 0.5) is 0 Å². The zero-order valence-electron chi connectivity index (χ0n) is 5.55. The summed E-state index contributed by atoms with van der Waals surface area (Å²) >= 11 is 0. The Kier molecular flexibility index (Phi) is 6.37. The van der Waals surface area contributed by atoms with E-state index in [0.29, 0.717) is 0 Å². The molecule has 4 nitrogen and oxygen atoms in total. The second kappa shape index (κ2) is 7.05. The molecule has 2 rings (SSSR count). The average Bonchev–Trinajstić information content (AvgIpc) is 2.67. The van der Waals surface area contributed by atoms with E-state index in [1.54, 1.807) is 36.9 Å². The summed E-state index contributed by atoms with van der Waals surface area (Å²) in [6, 6.07) is 3.56. The Morgan fingerprint density at radius 1 is 0.818 bits per heavy atom. The molecule has 0 saturated heterocycles. The zero-order valence-corrected chi connectivity index (χ0v) is 6.50. The molecule has 2 aromatic rings. The van der Waals surface area contributed by atoms with E-state index >= 15 is 0 Å². The molecule has 11 heavy (non-hydrogen) atoms. The summed E-state index contributed by atoms with van der Waals surface area (Å²) < 4.78 is 0. The van der Waals surface area contributed by atoms with E-state index in [9.17, 15) is 0 Å². The van der Waals surface area contributed by atoms with Crippen LogP contribution in [0.2, 0.25) is 0 Å². The van der Waals surface area contributed by atoms with Crippen LogP contribution < -0.4 is 10.2 Å². The SMILES string of the molecule is [Cu+2].c1cn[n-]c1.c1cn[n-]c1. The number of aromatic nitrogens is 4. The summed E-state index contributed by atoms with van der Waals surface area (Å²) in [5.41, 5.74) is 0. The second-order valence-corrected chi connectivity index (χ2v) is 1.44. The van der Waals surface area contributed by atoms with Gasteiger partial charge in [-0.2, -0.15) is 12.4 Å². The van der Waals surface area contributed by atoms with Crippen molar-refractivity contribution in [3.8, 4) is 0 Å². The molecule has 2 aromatic heterocycles. The monoisotopic (exact) mass is 197 g/mol. The molecule has 0 aliphatic rings. The minimum Gasteiger partial charge on any atom is -0.582 e. The van der Waals surface area contributed by atoms with Crippen molar-refractivity contribution in [1.82, 2.24) is 20.4 Å². The molecule has 61 valence electrons. The summed E-state index contributed by atoms with van der Waals surface area (Å²) in [4.78, 5) is 0. The van der Waals surface area contributed by atoms with Crippen LogP contribution in [0.1, 0.15) is 0 Å². The maximum Gasteiger partial charge on any atom is 2.00 e. The van der Waals surface area contributed by atoms with Gasteiger partial charge in [0.05, 0.1) is 0 Å². The summed E-state index contributed by atoms with van der Waals surface area (Å²) in [5.74, 6) is 0. The van der Waals surface area contributed by atoms with Crippen molar-refractivity contribution < 1.29 is 17.1 Å². The number of rotatable bonds is 0. The van der Waals surface area contributed by atoms with Crippen molar-refractivity contribution in [3.05, 3.63) is 36.9 Å². The van der Waals surface area contributed by atoms with Gasteiger partial charge in [-0.25, -0.2) is 0 Å². The van der Waals surface area contributed by atoms with Crippen LogP contribution in [0.5, 0.6) is 0 Å². The molecule has 0 fully saturated rings. The maximum atomic E-state index is 3.47. The van der Waals surface area contributed by atoms with E-state index in [1.165, 1.54) is 0 Å². The molecule has 1 radical (unpaired) electrons. The molecule has 0 bridgehead atoms. The minimum absolute atomic E-state index is 0. The van der Waals surface area contributed by atoms with Gasteiger partial charge >= 0.3 is 17.1 Å². The Labute approximate surface area is 74.9 Å². The number of hydrogen-bond acceptors (Lipinski definition) is 2. The van der Waals surface area contributed by atoms with Gasteiger partial charge < -0.3 is 20.4 Å². The summed E-state index contributed by atoms with van der Waals surface area (Å²) in [6.45, 7) is 0. The van der Waals surface area contributed by atoms with Crippen LogP contribution in [-0.2, 0) is 17.1 Å². The van der Waals surface area contributed by atoms with E-state index in [0.717, 1.165) is 0 Å². The van der Waals surface area contributed by atoms with E-state index in [1.807, 2.05) is 0 Å². The summed E-state index contributed by atoms with van der Waals surface area (Å²) in [5, 5.41) is 13.9. The van der Waals surface area contributed by atoms with Gasteiger partial charge in [0, 0.05) is 12.4 Å². The largest absolute Gasteiger partial charge is 2.00 e. The van der Waals surface area contributed by atoms with Crippen LogP contribution in [0, 0.1) is 0 Å². The Bertz CT molecular complexity index is 154. The Morgan fingerprint density at radius 3 is 1.36 bits per heavy atom. The predicted molar refractivity (Wildman–Crippen MR) is 35.1 cm³/mol. The molecule has 0 amide bonds. The van der Waals surface area contributed by atoms with Crippen LogP contribution in [-0.4, -0.2) is 10.2 Å². The first-order valence-electron chi connectivity index (χ1n) is 2.77. The standard InChI is InChI=1S/2C3H3N2.Cu/c2*1-2-4-5-3-1;/h2*1-3H;/q2*-1;+2. The molecule has 0 aliphatic heterocycles. The average molecular weight is 198 g/mol. The van der Waals surface area contributed by atoms with Crippen LogP contribution in [0.3, 0.4) is 0 Å². The molecule has 5 heteroatoms. The summed E-state index contributed by atoms with van der Waals surface area (Å²) in [7, 11) is 0. The molecule has 0 aromatic carbocycles. The second-order valence-electron chi connectivity index (χ2n) is 1.44. The first-order valence-corrected chi connectivity index (χ1v) is 2.77. The fourth-order valence-electron chi connectivity index (χ4n) is 0.385. The third-order valence-electron chi connectivity index (χ3n) is 0.744. The van der Waals surface area contributed by atoms with Crippen molar-refractivity contribution in [3.63, 3.8) is 0 Å². The quantitative estimate of drug-likeness (QED) is 0.562. The smallest absolute Gasteiger partial charge is 0.582 e. The first-order chi connectivity index (χ1) is 5.00. The molecule has 0 unspecified atom stereocenters. The molecule has 0 atom stereocenters. The zero-order chi connectivity index (χ0) is 7.07. The molecular weight excluding hydrogens is 192 g/mol. The minimum atomic E-state index is 0. The van der Waals surface area contributed by atoms with Gasteiger partial charge in [0.15, 0.2) is 0 Å². The summed E-state index contributed by atoms with van der Waals surface area (Å²) in [6.07, 6.45) is 6.56. The maximum absolute atomic E-state index is 3.47. The normalized spacial score (nSPS) is 7.27. The van der Waals surface area contributed by atoms with Gasteiger partial charge in [0.25, 0.3) is 0 Å². The van der Waals surface area contributed by atoms with E-state index in [4.69, 9.17) is 0 Å². The van der Waals surface area contributed by atoms with Crippen molar-refractivity contribution in [2.75, 3.05) is 0 Å². The van der Waals surface area contributed by atoms with Crippen molar-refractivity contribution in [1.29, 1.82) is 0 Å². The van der Waals surface area contributed by atoms with Crippen molar-refractivity contribution >= 4 is 0 Å². The van der Waals surface area contributed by atoms with Gasteiger partial charge in [-0.1, -0.05) is 12.1 Å². The first kappa shape index (κ1) is 9.94. The van der Waals surface area contributed by atoms with E-state index < -0.39 is 0 Å². The van der Waals surface area contributed by atoms with Crippen molar-refractivity contribution in [2.24, 2.45) is 0 Å². The van der Waals surface area contributed by atoms with Gasteiger partial charge in [0.2, 0.25) is 0 Å². The van der Waals surface area contributed by atoms with Crippen molar-refractivity contribution in [2.45, 2.75) is 0 Å². The molecular formula is C6H6CuN4. The number of nitrogens with zero attached hydrogens (tertiary/aromatic N) is 4. The van der Waals surface area contributed by atoms with Gasteiger partial charge in [-0.15, -0.1) is 0 Å². The van der Waals surface area contributed by atoms with Gasteiger partial charge in [0.1, 0.15) is 0 Å². The van der Waals surface area contributed by atoms with Gasteiger partial charge in [-0.05, 0) is 0 Å². The predicted octanol–water partition coefficient (Wildman–Crippen LogP) is 0.0751. The fourth-order valence-corrected chi connectivity index (χ4v) is 0.385. The van der Waals surface area contributed by atoms with E-state index in [-0.39, 0.29) is 17.1 Å². The van der Waals surface area contributed by atoms with Crippen LogP contribution in [0.25, 0.3) is 0 Å². The molecule has 0 saturated carbocycles. The Balaban J connectivity index is 0.000000167. The fraction of sp³-hybridized carbons (Fsp3) is 0. The van der Waals surface area contributed by atoms with Gasteiger partial charge in [-0.3, -0.25) is 0 Å². The molecule has 0 spiro atoms. The molecule has 0 aliphatic carbocycles. The third-order valence-corrected chi connectivity index (χ3v) is 0.744. The topological polar surface area (TPSA) is 54.0 Å². The Morgan fingerprint density at radius 2 is 1.27 bits per heavy atom. The molecule has 2 heterocycles. The van der Waals surface area contributed by atoms with Crippen LogP contribution >= 0.6 is 0 Å².